The summed E-state index contributed by atoms with van der Waals surface area (Å²) in [5.74, 6) is -2.05. The van der Waals surface area contributed by atoms with E-state index in [0.717, 1.165) is 11.1 Å². The van der Waals surface area contributed by atoms with Crippen LogP contribution in [0.5, 0.6) is 0 Å². The number of carboxylic acid groups (broad SMARTS) is 2. The van der Waals surface area contributed by atoms with E-state index in [9.17, 15) is 14.7 Å². The van der Waals surface area contributed by atoms with Crippen LogP contribution in [0.25, 0.3) is 0 Å². The minimum atomic E-state index is -1.14. The predicted octanol–water partition coefficient (Wildman–Crippen LogP) is 1.72. The zero-order valence-electron chi connectivity index (χ0n) is 9.35. The van der Waals surface area contributed by atoms with Gasteiger partial charge in [-0.1, -0.05) is 24.3 Å². The minimum Gasteiger partial charge on any atom is -0.481 e. The van der Waals surface area contributed by atoms with Gasteiger partial charge in [-0.3, -0.25) is 9.59 Å². The lowest BCUT2D eigenvalue weighted by atomic mass is 9.69. The van der Waals surface area contributed by atoms with Crippen molar-refractivity contribution in [1.29, 1.82) is 0 Å². The summed E-state index contributed by atoms with van der Waals surface area (Å²) < 4.78 is 0. The van der Waals surface area contributed by atoms with E-state index in [4.69, 9.17) is 5.11 Å². The van der Waals surface area contributed by atoms with Crippen LogP contribution in [-0.2, 0) is 22.4 Å². The molecule has 0 saturated carbocycles. The summed E-state index contributed by atoms with van der Waals surface area (Å²) in [7, 11) is 0. The molecule has 0 heterocycles. The van der Waals surface area contributed by atoms with Gasteiger partial charge in [-0.15, -0.1) is 0 Å². The highest BCUT2D eigenvalue weighted by atomic mass is 16.4. The molecule has 1 aromatic carbocycles. The Hall–Kier alpha value is -1.84. The molecule has 0 unspecified atom stereocenters. The Labute approximate surface area is 98.9 Å². The summed E-state index contributed by atoms with van der Waals surface area (Å²) >= 11 is 0. The number of hydrogen-bond donors (Lipinski definition) is 2. The van der Waals surface area contributed by atoms with E-state index < -0.39 is 17.4 Å². The Bertz CT molecular complexity index is 466. The van der Waals surface area contributed by atoms with Crippen LogP contribution >= 0.6 is 0 Å². The molecule has 1 aromatic rings. The maximum Gasteiger partial charge on any atom is 0.310 e. The summed E-state index contributed by atoms with van der Waals surface area (Å²) in [6.45, 7) is 0. The van der Waals surface area contributed by atoms with Crippen molar-refractivity contribution in [3.05, 3.63) is 35.4 Å². The quantitative estimate of drug-likeness (QED) is 0.835. The third kappa shape index (κ3) is 2.16. The van der Waals surface area contributed by atoms with Gasteiger partial charge in [-0.25, -0.2) is 0 Å². The van der Waals surface area contributed by atoms with E-state index in [1.54, 1.807) is 0 Å². The Morgan fingerprint density at radius 1 is 1.18 bits per heavy atom. The van der Waals surface area contributed by atoms with Crippen molar-refractivity contribution in [3.63, 3.8) is 0 Å². The topological polar surface area (TPSA) is 74.6 Å². The van der Waals surface area contributed by atoms with Gasteiger partial charge in [0.15, 0.2) is 0 Å². The Balaban J connectivity index is 2.34. The molecule has 4 nitrogen and oxygen atoms in total. The van der Waals surface area contributed by atoms with Gasteiger partial charge in [0.25, 0.3) is 0 Å². The van der Waals surface area contributed by atoms with Crippen molar-refractivity contribution in [1.82, 2.24) is 0 Å². The molecule has 0 spiro atoms. The van der Waals surface area contributed by atoms with Crippen LogP contribution in [0, 0.1) is 5.41 Å². The van der Waals surface area contributed by atoms with Crippen molar-refractivity contribution in [2.75, 3.05) is 0 Å². The van der Waals surface area contributed by atoms with Gasteiger partial charge in [0.1, 0.15) is 0 Å². The van der Waals surface area contributed by atoms with Crippen molar-refractivity contribution < 1.29 is 19.8 Å². The zero-order valence-corrected chi connectivity index (χ0v) is 9.35. The number of hydrogen-bond acceptors (Lipinski definition) is 2. The lowest BCUT2D eigenvalue weighted by molar-refractivity contribution is -0.156. The molecule has 2 rings (SSSR count). The highest BCUT2D eigenvalue weighted by Crippen LogP contribution is 2.38. The van der Waals surface area contributed by atoms with E-state index in [1.807, 2.05) is 24.3 Å². The number of carbonyl (C=O) groups is 2. The minimum absolute atomic E-state index is 0.309. The molecule has 1 atom stereocenters. The summed E-state index contributed by atoms with van der Waals surface area (Å²) in [5, 5.41) is 18.2. The standard InChI is InChI=1S/C13H14O4/c14-11(15)8-13(12(16)17)6-5-9-3-1-2-4-10(9)7-13/h1-4H,5-8H2,(H,14,15)(H,16,17)/t13-/m0/s1. The highest BCUT2D eigenvalue weighted by Gasteiger charge is 2.43. The third-order valence-corrected chi connectivity index (χ3v) is 3.46. The Morgan fingerprint density at radius 3 is 2.41 bits per heavy atom. The Kier molecular flexibility index (Phi) is 2.88. The van der Waals surface area contributed by atoms with Gasteiger partial charge >= 0.3 is 11.9 Å². The molecule has 0 amide bonds. The predicted molar refractivity (Wildman–Crippen MR) is 60.8 cm³/mol. The molecule has 17 heavy (non-hydrogen) atoms. The van der Waals surface area contributed by atoms with Crippen molar-refractivity contribution in [2.24, 2.45) is 5.41 Å². The van der Waals surface area contributed by atoms with Crippen molar-refractivity contribution in [2.45, 2.75) is 25.7 Å². The lowest BCUT2D eigenvalue weighted by Crippen LogP contribution is -2.39. The van der Waals surface area contributed by atoms with Crippen molar-refractivity contribution >= 4 is 11.9 Å². The molecule has 4 heteroatoms. The lowest BCUT2D eigenvalue weighted by Gasteiger charge is -2.33. The maximum atomic E-state index is 11.4. The van der Waals surface area contributed by atoms with Gasteiger partial charge < -0.3 is 10.2 Å². The molecule has 90 valence electrons. The largest absolute Gasteiger partial charge is 0.481 e. The first kappa shape index (κ1) is 11.6. The number of aliphatic carboxylic acids is 2. The fraction of sp³-hybridized carbons (Fsp3) is 0.385. The number of carboxylic acids is 2. The fourth-order valence-electron chi connectivity index (χ4n) is 2.50. The van der Waals surface area contributed by atoms with E-state index in [0.29, 0.717) is 19.3 Å². The van der Waals surface area contributed by atoms with Crippen LogP contribution in [-0.4, -0.2) is 22.2 Å². The second-order valence-corrected chi connectivity index (χ2v) is 4.60. The summed E-state index contributed by atoms with van der Waals surface area (Å²) in [6.07, 6.45) is 1.03. The second kappa shape index (κ2) is 4.20. The molecule has 2 N–H and O–H groups in total. The molecule has 0 fully saturated rings. The van der Waals surface area contributed by atoms with Crippen molar-refractivity contribution in [3.8, 4) is 0 Å². The van der Waals surface area contributed by atoms with Crippen LogP contribution in [0.2, 0.25) is 0 Å². The van der Waals surface area contributed by atoms with E-state index in [2.05, 4.69) is 0 Å². The van der Waals surface area contributed by atoms with Crippen LogP contribution in [0.1, 0.15) is 24.0 Å². The average Bonchev–Trinajstić information content (AvgIpc) is 2.27. The molecule has 1 aliphatic rings. The number of benzene rings is 1. The zero-order chi connectivity index (χ0) is 12.5. The molecule has 0 aromatic heterocycles. The van der Waals surface area contributed by atoms with Gasteiger partial charge in [-0.2, -0.15) is 0 Å². The van der Waals surface area contributed by atoms with Crippen LogP contribution in [0.15, 0.2) is 24.3 Å². The number of rotatable bonds is 3. The number of fused-ring (bicyclic) bond motifs is 1. The summed E-state index contributed by atoms with van der Waals surface area (Å²) in [5.41, 5.74) is 0.956. The molecule has 0 saturated heterocycles. The smallest absolute Gasteiger partial charge is 0.310 e. The van der Waals surface area contributed by atoms with Gasteiger partial charge in [0, 0.05) is 0 Å². The molecular formula is C13H14O4. The van der Waals surface area contributed by atoms with Gasteiger partial charge in [-0.05, 0) is 30.4 Å². The van der Waals surface area contributed by atoms with Gasteiger partial charge in [0.2, 0.25) is 0 Å². The van der Waals surface area contributed by atoms with E-state index in [1.165, 1.54) is 0 Å². The van der Waals surface area contributed by atoms with Gasteiger partial charge in [0.05, 0.1) is 11.8 Å². The van der Waals surface area contributed by atoms with E-state index >= 15 is 0 Å². The normalized spacial score (nSPS) is 22.8. The first-order valence-corrected chi connectivity index (χ1v) is 5.55. The van der Waals surface area contributed by atoms with Crippen LogP contribution < -0.4 is 0 Å². The fourth-order valence-corrected chi connectivity index (χ4v) is 2.50. The summed E-state index contributed by atoms with van der Waals surface area (Å²) in [6, 6.07) is 7.64. The highest BCUT2D eigenvalue weighted by molar-refractivity contribution is 5.82. The average molecular weight is 234 g/mol. The first-order chi connectivity index (χ1) is 8.03. The number of aryl methyl sites for hydroxylation is 1. The molecule has 0 radical (unpaired) electrons. The third-order valence-electron chi connectivity index (χ3n) is 3.46. The monoisotopic (exact) mass is 234 g/mol. The SMILES string of the molecule is O=C(O)C[C@]1(C(=O)O)CCc2ccccc2C1. The first-order valence-electron chi connectivity index (χ1n) is 5.55. The van der Waals surface area contributed by atoms with Crippen LogP contribution in [0.3, 0.4) is 0 Å². The molecule has 0 bridgehead atoms. The summed E-state index contributed by atoms with van der Waals surface area (Å²) in [4.78, 5) is 22.2. The molecular weight excluding hydrogens is 220 g/mol. The maximum absolute atomic E-state index is 11.4. The van der Waals surface area contributed by atoms with E-state index in [-0.39, 0.29) is 6.42 Å². The molecule has 0 aliphatic heterocycles. The van der Waals surface area contributed by atoms with Crippen LogP contribution in [0.4, 0.5) is 0 Å². The molecule has 1 aliphatic carbocycles. The Morgan fingerprint density at radius 2 is 1.82 bits per heavy atom. The second-order valence-electron chi connectivity index (χ2n) is 4.60.